The number of carbonyl (C=O) groups is 1. The van der Waals surface area contributed by atoms with Crippen LogP contribution in [0.2, 0.25) is 0 Å². The van der Waals surface area contributed by atoms with E-state index in [4.69, 9.17) is 0 Å². The van der Waals surface area contributed by atoms with Crippen LogP contribution in [-0.2, 0) is 4.79 Å². The first-order valence-electron chi connectivity index (χ1n) is 4.99. The molecule has 1 saturated heterocycles. The van der Waals surface area contributed by atoms with E-state index in [0.29, 0.717) is 5.33 Å². The second kappa shape index (κ2) is 4.99. The van der Waals surface area contributed by atoms with Crippen molar-refractivity contribution in [3.05, 3.63) is 0 Å². The summed E-state index contributed by atoms with van der Waals surface area (Å²) in [7, 11) is 0. The predicted molar refractivity (Wildman–Crippen MR) is 57.9 cm³/mol. The van der Waals surface area contributed by atoms with Crippen LogP contribution >= 0.6 is 15.9 Å². The second-order valence-corrected chi connectivity index (χ2v) is 4.66. The number of piperidine rings is 1. The number of rotatable bonds is 2. The van der Waals surface area contributed by atoms with Gasteiger partial charge in [-0.1, -0.05) is 29.8 Å². The molecule has 13 heavy (non-hydrogen) atoms. The number of likely N-dealkylation sites (tertiary alicyclic amines) is 1. The SMILES string of the molecule is CC(C)C1CCN(C(=O)CBr)CC1. The van der Waals surface area contributed by atoms with E-state index in [1.165, 1.54) is 12.8 Å². The standard InChI is InChI=1S/C10H18BrNO/c1-8(2)9-3-5-12(6-4-9)10(13)7-11/h8-9H,3-7H2,1-2H3. The van der Waals surface area contributed by atoms with Crippen LogP contribution in [0.3, 0.4) is 0 Å². The number of hydrogen-bond donors (Lipinski definition) is 0. The Kier molecular flexibility index (Phi) is 4.23. The quantitative estimate of drug-likeness (QED) is 0.686. The van der Waals surface area contributed by atoms with Crippen molar-refractivity contribution in [2.75, 3.05) is 18.4 Å². The minimum Gasteiger partial charge on any atom is -0.342 e. The maximum absolute atomic E-state index is 11.3. The summed E-state index contributed by atoms with van der Waals surface area (Å²) in [4.78, 5) is 13.3. The van der Waals surface area contributed by atoms with E-state index in [2.05, 4.69) is 29.8 Å². The van der Waals surface area contributed by atoms with Crippen molar-refractivity contribution in [2.24, 2.45) is 11.8 Å². The van der Waals surface area contributed by atoms with Crippen LogP contribution < -0.4 is 0 Å². The van der Waals surface area contributed by atoms with Crippen molar-refractivity contribution in [3.8, 4) is 0 Å². The molecule has 0 N–H and O–H groups in total. The molecule has 0 atom stereocenters. The zero-order valence-corrected chi connectivity index (χ0v) is 10.0. The summed E-state index contributed by atoms with van der Waals surface area (Å²) in [5.41, 5.74) is 0. The summed E-state index contributed by atoms with van der Waals surface area (Å²) in [5, 5.41) is 0.472. The average Bonchev–Trinajstić information content (AvgIpc) is 2.17. The van der Waals surface area contributed by atoms with Crippen LogP contribution in [0.4, 0.5) is 0 Å². The molecule has 1 fully saturated rings. The molecular formula is C10H18BrNO. The van der Waals surface area contributed by atoms with Crippen LogP contribution in [0.5, 0.6) is 0 Å². The van der Waals surface area contributed by atoms with Gasteiger partial charge in [-0.15, -0.1) is 0 Å². The Morgan fingerprint density at radius 1 is 1.46 bits per heavy atom. The summed E-state index contributed by atoms with van der Waals surface area (Å²) >= 11 is 3.20. The molecule has 1 aliphatic heterocycles. The van der Waals surface area contributed by atoms with Crippen LogP contribution in [0.15, 0.2) is 0 Å². The molecule has 0 unspecified atom stereocenters. The Morgan fingerprint density at radius 2 is 2.00 bits per heavy atom. The highest BCUT2D eigenvalue weighted by Crippen LogP contribution is 2.24. The van der Waals surface area contributed by atoms with Gasteiger partial charge >= 0.3 is 0 Å². The summed E-state index contributed by atoms with van der Waals surface area (Å²) in [6.45, 7) is 6.44. The van der Waals surface area contributed by atoms with Crippen LogP contribution in [0, 0.1) is 11.8 Å². The lowest BCUT2D eigenvalue weighted by Gasteiger charge is -2.33. The molecule has 76 valence electrons. The van der Waals surface area contributed by atoms with Gasteiger partial charge in [0.15, 0.2) is 0 Å². The number of alkyl halides is 1. The lowest BCUT2D eigenvalue weighted by molar-refractivity contribution is -0.129. The second-order valence-electron chi connectivity index (χ2n) is 4.10. The van der Waals surface area contributed by atoms with Gasteiger partial charge in [0.2, 0.25) is 5.91 Å². The first-order valence-corrected chi connectivity index (χ1v) is 6.11. The molecule has 1 rings (SSSR count). The smallest absolute Gasteiger partial charge is 0.233 e. The van der Waals surface area contributed by atoms with Crippen LogP contribution in [0.1, 0.15) is 26.7 Å². The van der Waals surface area contributed by atoms with E-state index < -0.39 is 0 Å². The van der Waals surface area contributed by atoms with Crippen molar-refractivity contribution < 1.29 is 4.79 Å². The third-order valence-corrected chi connectivity index (χ3v) is 3.43. The summed E-state index contributed by atoms with van der Waals surface area (Å²) in [6.07, 6.45) is 2.35. The molecule has 0 aromatic carbocycles. The highest BCUT2D eigenvalue weighted by Gasteiger charge is 2.23. The highest BCUT2D eigenvalue weighted by atomic mass is 79.9. The van der Waals surface area contributed by atoms with E-state index in [-0.39, 0.29) is 5.91 Å². The Balaban J connectivity index is 2.34. The molecule has 0 spiro atoms. The fourth-order valence-electron chi connectivity index (χ4n) is 1.90. The lowest BCUT2D eigenvalue weighted by Crippen LogP contribution is -2.40. The average molecular weight is 248 g/mol. The van der Waals surface area contributed by atoms with Gasteiger partial charge in [-0.25, -0.2) is 0 Å². The van der Waals surface area contributed by atoms with Crippen molar-refractivity contribution in [2.45, 2.75) is 26.7 Å². The first kappa shape index (κ1) is 11.0. The third kappa shape index (κ3) is 2.97. The zero-order chi connectivity index (χ0) is 9.84. The normalized spacial score (nSPS) is 19.5. The molecular weight excluding hydrogens is 230 g/mol. The Morgan fingerprint density at radius 3 is 2.38 bits per heavy atom. The van der Waals surface area contributed by atoms with Gasteiger partial charge < -0.3 is 4.90 Å². The van der Waals surface area contributed by atoms with Gasteiger partial charge in [0.1, 0.15) is 0 Å². The molecule has 0 bridgehead atoms. The molecule has 3 heteroatoms. The number of nitrogens with zero attached hydrogens (tertiary/aromatic N) is 1. The van der Waals surface area contributed by atoms with Gasteiger partial charge in [0, 0.05) is 13.1 Å². The monoisotopic (exact) mass is 247 g/mol. The molecule has 0 aromatic heterocycles. The molecule has 1 amide bonds. The maximum atomic E-state index is 11.3. The van der Waals surface area contributed by atoms with E-state index in [1.54, 1.807) is 0 Å². The summed E-state index contributed by atoms with van der Waals surface area (Å²) in [6, 6.07) is 0. The summed E-state index contributed by atoms with van der Waals surface area (Å²) < 4.78 is 0. The van der Waals surface area contributed by atoms with Crippen molar-refractivity contribution >= 4 is 21.8 Å². The minimum atomic E-state index is 0.238. The van der Waals surface area contributed by atoms with Crippen LogP contribution in [-0.4, -0.2) is 29.2 Å². The molecule has 1 heterocycles. The Bertz CT molecular complexity index is 174. The van der Waals surface area contributed by atoms with Crippen molar-refractivity contribution in [3.63, 3.8) is 0 Å². The van der Waals surface area contributed by atoms with Gasteiger partial charge in [-0.2, -0.15) is 0 Å². The zero-order valence-electron chi connectivity index (χ0n) is 8.42. The molecule has 2 nitrogen and oxygen atoms in total. The van der Waals surface area contributed by atoms with E-state index >= 15 is 0 Å². The Hall–Kier alpha value is -0.0500. The number of halogens is 1. The molecule has 0 radical (unpaired) electrons. The van der Waals surface area contributed by atoms with Crippen molar-refractivity contribution in [1.29, 1.82) is 0 Å². The molecule has 0 saturated carbocycles. The van der Waals surface area contributed by atoms with E-state index in [0.717, 1.165) is 24.9 Å². The topological polar surface area (TPSA) is 20.3 Å². The van der Waals surface area contributed by atoms with Crippen LogP contribution in [0.25, 0.3) is 0 Å². The minimum absolute atomic E-state index is 0.238. The van der Waals surface area contributed by atoms with E-state index in [1.807, 2.05) is 4.90 Å². The Labute approximate surface area is 88.8 Å². The highest BCUT2D eigenvalue weighted by molar-refractivity contribution is 9.09. The number of amides is 1. The number of hydrogen-bond acceptors (Lipinski definition) is 1. The fraction of sp³-hybridized carbons (Fsp3) is 0.900. The molecule has 0 aliphatic carbocycles. The molecule has 0 aromatic rings. The predicted octanol–water partition coefficient (Wildman–Crippen LogP) is 2.28. The van der Waals surface area contributed by atoms with Gasteiger partial charge in [0.05, 0.1) is 5.33 Å². The van der Waals surface area contributed by atoms with E-state index in [9.17, 15) is 4.79 Å². The van der Waals surface area contributed by atoms with Crippen molar-refractivity contribution in [1.82, 2.24) is 4.90 Å². The first-order chi connectivity index (χ1) is 6.15. The molecule has 1 aliphatic rings. The fourth-order valence-corrected chi connectivity index (χ4v) is 2.25. The number of carbonyl (C=O) groups excluding carboxylic acids is 1. The lowest BCUT2D eigenvalue weighted by atomic mass is 9.87. The van der Waals surface area contributed by atoms with Gasteiger partial charge in [-0.05, 0) is 24.7 Å². The van der Waals surface area contributed by atoms with Gasteiger partial charge in [0.25, 0.3) is 0 Å². The van der Waals surface area contributed by atoms with Gasteiger partial charge in [-0.3, -0.25) is 4.79 Å². The third-order valence-electron chi connectivity index (χ3n) is 2.95. The summed E-state index contributed by atoms with van der Waals surface area (Å²) in [5.74, 6) is 1.82. The largest absolute Gasteiger partial charge is 0.342 e. The maximum Gasteiger partial charge on any atom is 0.233 e.